The van der Waals surface area contributed by atoms with Crippen molar-refractivity contribution in [2.24, 2.45) is 4.99 Å². The summed E-state index contributed by atoms with van der Waals surface area (Å²) in [6.07, 6.45) is 1.92. The zero-order valence-electron chi connectivity index (χ0n) is 17.4. The fourth-order valence-electron chi connectivity index (χ4n) is 3.25. The first kappa shape index (κ1) is 20.9. The molecule has 1 amide bonds. The largest absolute Gasteiger partial charge is 0.494 e. The van der Waals surface area contributed by atoms with Crippen LogP contribution in [0.2, 0.25) is 0 Å². The lowest BCUT2D eigenvalue weighted by Crippen LogP contribution is -2.28. The minimum Gasteiger partial charge on any atom is -0.494 e. The lowest BCUT2D eigenvalue weighted by Gasteiger charge is -2.15. The van der Waals surface area contributed by atoms with Gasteiger partial charge in [-0.2, -0.15) is 0 Å². The van der Waals surface area contributed by atoms with Crippen LogP contribution in [0.4, 0.5) is 0 Å². The van der Waals surface area contributed by atoms with Gasteiger partial charge in [0.2, 0.25) is 0 Å². The van der Waals surface area contributed by atoms with Crippen molar-refractivity contribution in [1.82, 2.24) is 4.90 Å². The lowest BCUT2D eigenvalue weighted by molar-refractivity contribution is -0.122. The summed E-state index contributed by atoms with van der Waals surface area (Å²) in [5.74, 6) is 0.806. The summed E-state index contributed by atoms with van der Waals surface area (Å²) in [5, 5.41) is 0.731. The molecule has 0 spiro atoms. The number of amides is 1. The molecule has 4 rings (SSSR count). The molecule has 31 heavy (non-hydrogen) atoms. The third-order valence-corrected chi connectivity index (χ3v) is 5.84. The van der Waals surface area contributed by atoms with Gasteiger partial charge in [0.1, 0.15) is 5.75 Å². The number of hydrogen-bond acceptors (Lipinski definition) is 4. The number of carbonyl (C=O) groups excluding carboxylic acids is 1. The Hall–Kier alpha value is -3.31. The van der Waals surface area contributed by atoms with E-state index in [0.29, 0.717) is 24.6 Å². The van der Waals surface area contributed by atoms with E-state index in [0.717, 1.165) is 27.6 Å². The number of amidine groups is 1. The first-order valence-corrected chi connectivity index (χ1v) is 11.1. The second-order valence-corrected chi connectivity index (χ2v) is 8.08. The summed E-state index contributed by atoms with van der Waals surface area (Å²) in [5.41, 5.74) is 3.15. The van der Waals surface area contributed by atoms with Gasteiger partial charge in [-0.3, -0.25) is 14.7 Å². The fourth-order valence-corrected chi connectivity index (χ4v) is 4.23. The molecule has 0 unspecified atom stereocenters. The van der Waals surface area contributed by atoms with Crippen LogP contribution in [0.1, 0.15) is 23.6 Å². The van der Waals surface area contributed by atoms with Gasteiger partial charge >= 0.3 is 0 Å². The maximum atomic E-state index is 13.2. The summed E-state index contributed by atoms with van der Waals surface area (Å²) >= 11 is 1.43. The van der Waals surface area contributed by atoms with E-state index < -0.39 is 0 Å². The van der Waals surface area contributed by atoms with Gasteiger partial charge in [-0.1, -0.05) is 72.8 Å². The molecule has 1 saturated heterocycles. The summed E-state index contributed by atoms with van der Waals surface area (Å²) in [4.78, 5) is 20.5. The maximum Gasteiger partial charge on any atom is 0.267 e. The van der Waals surface area contributed by atoms with Crippen molar-refractivity contribution in [3.05, 3.63) is 107 Å². The van der Waals surface area contributed by atoms with E-state index in [1.165, 1.54) is 11.8 Å². The van der Waals surface area contributed by atoms with Crippen LogP contribution in [0.5, 0.6) is 5.75 Å². The average molecular weight is 429 g/mol. The van der Waals surface area contributed by atoms with E-state index in [-0.39, 0.29) is 5.91 Å². The molecule has 1 aliphatic rings. The zero-order valence-corrected chi connectivity index (χ0v) is 18.2. The van der Waals surface area contributed by atoms with Gasteiger partial charge in [0.05, 0.1) is 24.6 Å². The van der Waals surface area contributed by atoms with Gasteiger partial charge in [-0.15, -0.1) is 0 Å². The molecular weight excluding hydrogens is 404 g/mol. The van der Waals surface area contributed by atoms with Gasteiger partial charge in [0.15, 0.2) is 5.17 Å². The molecule has 0 atom stereocenters. The highest BCUT2D eigenvalue weighted by Gasteiger charge is 2.33. The average Bonchev–Trinajstić information content (AvgIpc) is 3.09. The molecular formula is C26H24N2O2S. The van der Waals surface area contributed by atoms with Crippen LogP contribution in [-0.4, -0.2) is 22.6 Å². The molecule has 5 heteroatoms. The van der Waals surface area contributed by atoms with Crippen molar-refractivity contribution in [3.8, 4) is 5.75 Å². The van der Waals surface area contributed by atoms with Gasteiger partial charge in [-0.05, 0) is 53.6 Å². The van der Waals surface area contributed by atoms with Gasteiger partial charge in [-0.25, -0.2) is 0 Å². The Morgan fingerprint density at radius 2 is 1.55 bits per heavy atom. The van der Waals surface area contributed by atoms with Crippen LogP contribution in [0.25, 0.3) is 6.08 Å². The van der Waals surface area contributed by atoms with Crippen LogP contribution < -0.4 is 4.74 Å². The van der Waals surface area contributed by atoms with Crippen LogP contribution >= 0.6 is 11.8 Å². The van der Waals surface area contributed by atoms with E-state index in [1.54, 1.807) is 4.90 Å². The summed E-state index contributed by atoms with van der Waals surface area (Å²) in [6, 6.07) is 27.9. The Morgan fingerprint density at radius 3 is 2.19 bits per heavy atom. The molecule has 0 aliphatic carbocycles. The second-order valence-electron chi connectivity index (χ2n) is 7.07. The molecule has 1 aliphatic heterocycles. The second kappa shape index (κ2) is 10.1. The Labute approximate surface area is 187 Å². The van der Waals surface area contributed by atoms with Crippen molar-refractivity contribution < 1.29 is 9.53 Å². The lowest BCUT2D eigenvalue weighted by atomic mass is 10.2. The highest BCUT2D eigenvalue weighted by molar-refractivity contribution is 8.18. The van der Waals surface area contributed by atoms with Crippen molar-refractivity contribution in [2.45, 2.75) is 20.0 Å². The van der Waals surface area contributed by atoms with Gasteiger partial charge in [0, 0.05) is 0 Å². The van der Waals surface area contributed by atoms with Crippen molar-refractivity contribution in [1.29, 1.82) is 0 Å². The number of rotatable bonds is 7. The number of hydrogen-bond donors (Lipinski definition) is 0. The Morgan fingerprint density at radius 1 is 0.903 bits per heavy atom. The summed E-state index contributed by atoms with van der Waals surface area (Å²) < 4.78 is 5.51. The minimum absolute atomic E-state index is 0.0189. The topological polar surface area (TPSA) is 41.9 Å². The van der Waals surface area contributed by atoms with E-state index in [4.69, 9.17) is 9.73 Å². The number of ether oxygens (including phenoxy) is 1. The molecule has 0 N–H and O–H groups in total. The first-order valence-electron chi connectivity index (χ1n) is 10.3. The van der Waals surface area contributed by atoms with E-state index >= 15 is 0 Å². The van der Waals surface area contributed by atoms with E-state index in [9.17, 15) is 4.79 Å². The Balaban J connectivity index is 1.59. The predicted octanol–water partition coefficient (Wildman–Crippen LogP) is 5.76. The van der Waals surface area contributed by atoms with E-state index in [1.807, 2.05) is 97.9 Å². The Kier molecular flexibility index (Phi) is 6.85. The van der Waals surface area contributed by atoms with Gasteiger partial charge < -0.3 is 4.74 Å². The van der Waals surface area contributed by atoms with Crippen LogP contribution in [0, 0.1) is 0 Å². The smallest absolute Gasteiger partial charge is 0.267 e. The minimum atomic E-state index is -0.0189. The molecule has 0 radical (unpaired) electrons. The zero-order chi connectivity index (χ0) is 21.5. The number of thioether (sulfide) groups is 1. The van der Waals surface area contributed by atoms with Crippen LogP contribution in [0.15, 0.2) is 94.8 Å². The monoisotopic (exact) mass is 428 g/mol. The van der Waals surface area contributed by atoms with Crippen LogP contribution in [0.3, 0.4) is 0 Å². The number of benzene rings is 3. The molecule has 0 saturated carbocycles. The first-order chi connectivity index (χ1) is 15.2. The van der Waals surface area contributed by atoms with Crippen molar-refractivity contribution in [3.63, 3.8) is 0 Å². The van der Waals surface area contributed by atoms with Crippen LogP contribution in [-0.2, 0) is 17.9 Å². The van der Waals surface area contributed by atoms with Crippen molar-refractivity contribution >= 4 is 28.9 Å². The summed E-state index contributed by atoms with van der Waals surface area (Å²) in [7, 11) is 0. The highest BCUT2D eigenvalue weighted by Crippen LogP contribution is 2.34. The summed E-state index contributed by atoms with van der Waals surface area (Å²) in [6.45, 7) is 3.63. The SMILES string of the molecule is CCOc1ccc(/C=C2\SC(=NCc3ccccc3)N(Cc3ccccc3)C2=O)cc1. The molecule has 3 aromatic carbocycles. The van der Waals surface area contributed by atoms with Crippen molar-refractivity contribution in [2.75, 3.05) is 6.61 Å². The normalized spacial score (nSPS) is 16.3. The van der Waals surface area contributed by atoms with Gasteiger partial charge in [0.25, 0.3) is 5.91 Å². The molecule has 3 aromatic rings. The number of carbonyl (C=O) groups is 1. The molecule has 4 nitrogen and oxygen atoms in total. The maximum absolute atomic E-state index is 13.2. The Bertz CT molecular complexity index is 1080. The molecule has 156 valence electrons. The molecule has 0 aromatic heterocycles. The predicted molar refractivity (Wildman–Crippen MR) is 128 cm³/mol. The molecule has 1 heterocycles. The third-order valence-electron chi connectivity index (χ3n) is 4.80. The fraction of sp³-hybridized carbons (Fsp3) is 0.154. The quantitative estimate of drug-likeness (QED) is 0.450. The highest BCUT2D eigenvalue weighted by atomic mass is 32.2. The molecule has 1 fully saturated rings. The van der Waals surface area contributed by atoms with E-state index in [2.05, 4.69) is 0 Å². The molecule has 0 bridgehead atoms. The number of aliphatic imine (C=N–C) groups is 1. The number of nitrogens with zero attached hydrogens (tertiary/aromatic N) is 2. The standard InChI is InChI=1S/C26H24N2O2S/c1-2-30-23-15-13-20(14-16-23)17-24-25(29)28(19-22-11-7-4-8-12-22)26(31-24)27-18-21-9-5-3-6-10-21/h3-17H,2,18-19H2,1H3/b24-17-,27-26?. The third kappa shape index (κ3) is 5.44.